The van der Waals surface area contributed by atoms with Gasteiger partial charge in [0.05, 0.1) is 4.88 Å². The highest BCUT2D eigenvalue weighted by Crippen LogP contribution is 2.21. The standard InChI is InChI=1S/C20H17F2NO2S/c1-12-5-13(2)7-16(6-12)25-10-14-8-19(26-11-14)20(24)23-15-3-4-17(21)18(22)9-15/h3-9,11H,10H2,1-2H3,(H,23,24). The number of amides is 1. The van der Waals surface area contributed by atoms with Gasteiger partial charge in [-0.05, 0) is 60.7 Å². The minimum atomic E-state index is -1.00. The van der Waals surface area contributed by atoms with Crippen LogP contribution in [0.2, 0.25) is 0 Å². The number of hydrogen-bond donors (Lipinski definition) is 1. The van der Waals surface area contributed by atoms with Gasteiger partial charge in [-0.1, -0.05) is 6.07 Å². The molecule has 1 heterocycles. The summed E-state index contributed by atoms with van der Waals surface area (Å²) in [5.41, 5.74) is 3.31. The zero-order valence-electron chi connectivity index (χ0n) is 14.3. The van der Waals surface area contributed by atoms with Crippen LogP contribution in [0, 0.1) is 25.5 Å². The number of anilines is 1. The van der Waals surface area contributed by atoms with Gasteiger partial charge in [0.25, 0.3) is 5.91 Å². The molecule has 0 aliphatic heterocycles. The maximum Gasteiger partial charge on any atom is 0.265 e. The molecule has 0 saturated carbocycles. The highest BCUT2D eigenvalue weighted by molar-refractivity contribution is 7.12. The van der Waals surface area contributed by atoms with Gasteiger partial charge in [0.1, 0.15) is 12.4 Å². The van der Waals surface area contributed by atoms with Crippen LogP contribution in [0.5, 0.6) is 5.75 Å². The summed E-state index contributed by atoms with van der Waals surface area (Å²) >= 11 is 1.27. The monoisotopic (exact) mass is 373 g/mol. The molecule has 0 fully saturated rings. The Balaban J connectivity index is 1.63. The second-order valence-electron chi connectivity index (χ2n) is 6.01. The van der Waals surface area contributed by atoms with Crippen LogP contribution in [0.15, 0.2) is 47.8 Å². The Morgan fingerprint density at radius 2 is 1.77 bits per heavy atom. The van der Waals surface area contributed by atoms with E-state index in [-0.39, 0.29) is 11.6 Å². The van der Waals surface area contributed by atoms with Crippen LogP contribution >= 0.6 is 11.3 Å². The van der Waals surface area contributed by atoms with Crippen molar-refractivity contribution in [1.82, 2.24) is 0 Å². The smallest absolute Gasteiger partial charge is 0.265 e. The highest BCUT2D eigenvalue weighted by atomic mass is 32.1. The molecule has 1 N–H and O–H groups in total. The third-order valence-electron chi connectivity index (χ3n) is 3.66. The number of carbonyl (C=O) groups excluding carboxylic acids is 1. The van der Waals surface area contributed by atoms with Gasteiger partial charge in [0.15, 0.2) is 11.6 Å². The topological polar surface area (TPSA) is 38.3 Å². The van der Waals surface area contributed by atoms with Gasteiger partial charge < -0.3 is 10.1 Å². The van der Waals surface area contributed by atoms with E-state index in [9.17, 15) is 13.6 Å². The van der Waals surface area contributed by atoms with E-state index in [2.05, 4.69) is 11.4 Å². The lowest BCUT2D eigenvalue weighted by Gasteiger charge is -2.07. The molecule has 0 unspecified atom stereocenters. The third kappa shape index (κ3) is 4.46. The summed E-state index contributed by atoms with van der Waals surface area (Å²) in [6, 6.07) is 10.9. The van der Waals surface area contributed by atoms with E-state index < -0.39 is 11.6 Å². The first-order valence-corrected chi connectivity index (χ1v) is 8.83. The molecule has 6 heteroatoms. The fourth-order valence-electron chi connectivity index (χ4n) is 2.52. The summed E-state index contributed by atoms with van der Waals surface area (Å²) in [6.07, 6.45) is 0. The molecule has 0 aliphatic rings. The van der Waals surface area contributed by atoms with Crippen molar-refractivity contribution in [2.24, 2.45) is 0 Å². The van der Waals surface area contributed by atoms with Crippen LogP contribution in [0.1, 0.15) is 26.4 Å². The summed E-state index contributed by atoms with van der Waals surface area (Å²) < 4.78 is 31.9. The fourth-order valence-corrected chi connectivity index (χ4v) is 3.31. The van der Waals surface area contributed by atoms with E-state index in [0.29, 0.717) is 11.5 Å². The van der Waals surface area contributed by atoms with Crippen LogP contribution in [0.3, 0.4) is 0 Å². The second-order valence-corrected chi connectivity index (χ2v) is 6.93. The lowest BCUT2D eigenvalue weighted by Crippen LogP contribution is -2.10. The first-order chi connectivity index (χ1) is 12.4. The number of aryl methyl sites for hydroxylation is 2. The predicted octanol–water partition coefficient (Wildman–Crippen LogP) is 5.47. The molecule has 0 atom stereocenters. The summed E-state index contributed by atoms with van der Waals surface area (Å²) in [5.74, 6) is -1.55. The molecule has 2 aromatic carbocycles. The normalized spacial score (nSPS) is 10.6. The Morgan fingerprint density at radius 1 is 1.04 bits per heavy atom. The van der Waals surface area contributed by atoms with Crippen molar-refractivity contribution in [2.75, 3.05) is 5.32 Å². The summed E-state index contributed by atoms with van der Waals surface area (Å²) in [5, 5.41) is 4.39. The second kappa shape index (κ2) is 7.66. The van der Waals surface area contributed by atoms with E-state index in [4.69, 9.17) is 4.74 Å². The number of ether oxygens (including phenoxy) is 1. The van der Waals surface area contributed by atoms with Crippen LogP contribution in [-0.2, 0) is 6.61 Å². The number of hydrogen-bond acceptors (Lipinski definition) is 3. The number of carbonyl (C=O) groups is 1. The van der Waals surface area contributed by atoms with Gasteiger partial charge in [-0.3, -0.25) is 4.79 Å². The van der Waals surface area contributed by atoms with E-state index in [1.54, 1.807) is 6.07 Å². The average molecular weight is 373 g/mol. The molecule has 3 aromatic rings. The fraction of sp³-hybridized carbons (Fsp3) is 0.150. The van der Waals surface area contributed by atoms with Crippen molar-refractivity contribution in [3.05, 3.63) is 81.0 Å². The quantitative estimate of drug-likeness (QED) is 0.644. The number of rotatable bonds is 5. The molecule has 3 rings (SSSR count). The molecule has 0 radical (unpaired) electrons. The zero-order chi connectivity index (χ0) is 18.7. The lowest BCUT2D eigenvalue weighted by atomic mass is 10.1. The van der Waals surface area contributed by atoms with Gasteiger partial charge in [0.2, 0.25) is 0 Å². The molecule has 0 bridgehead atoms. The average Bonchev–Trinajstić information content (AvgIpc) is 3.05. The van der Waals surface area contributed by atoms with E-state index in [1.165, 1.54) is 17.4 Å². The Morgan fingerprint density at radius 3 is 2.46 bits per heavy atom. The van der Waals surface area contributed by atoms with Crippen molar-refractivity contribution in [2.45, 2.75) is 20.5 Å². The molecule has 26 heavy (non-hydrogen) atoms. The van der Waals surface area contributed by atoms with Crippen LogP contribution in [-0.4, -0.2) is 5.91 Å². The summed E-state index contributed by atoms with van der Waals surface area (Å²) in [7, 11) is 0. The Hall–Kier alpha value is -2.73. The maximum atomic E-state index is 13.2. The Bertz CT molecular complexity index is 932. The van der Waals surface area contributed by atoms with Gasteiger partial charge in [-0.2, -0.15) is 0 Å². The van der Waals surface area contributed by atoms with Gasteiger partial charge >= 0.3 is 0 Å². The van der Waals surface area contributed by atoms with E-state index in [1.807, 2.05) is 31.4 Å². The van der Waals surface area contributed by atoms with E-state index in [0.717, 1.165) is 34.6 Å². The third-order valence-corrected chi connectivity index (χ3v) is 4.63. The molecular weight excluding hydrogens is 356 g/mol. The number of thiophene rings is 1. The minimum absolute atomic E-state index is 0.204. The first kappa shape index (κ1) is 18.1. The maximum absolute atomic E-state index is 13.2. The van der Waals surface area contributed by atoms with Crippen molar-refractivity contribution in [3.8, 4) is 5.75 Å². The molecule has 0 spiro atoms. The van der Waals surface area contributed by atoms with Gasteiger partial charge in [-0.15, -0.1) is 11.3 Å². The zero-order valence-corrected chi connectivity index (χ0v) is 15.1. The molecule has 0 aliphatic carbocycles. The Labute approximate surface area is 154 Å². The predicted molar refractivity (Wildman–Crippen MR) is 98.9 cm³/mol. The molecule has 0 saturated heterocycles. The number of benzene rings is 2. The number of nitrogens with one attached hydrogen (secondary N) is 1. The van der Waals surface area contributed by atoms with Crippen molar-refractivity contribution in [3.63, 3.8) is 0 Å². The van der Waals surface area contributed by atoms with Crippen LogP contribution < -0.4 is 10.1 Å². The molecule has 3 nitrogen and oxygen atoms in total. The SMILES string of the molecule is Cc1cc(C)cc(OCc2csc(C(=O)Nc3ccc(F)c(F)c3)c2)c1. The van der Waals surface area contributed by atoms with Crippen molar-refractivity contribution >= 4 is 22.9 Å². The van der Waals surface area contributed by atoms with Crippen molar-refractivity contribution < 1.29 is 18.3 Å². The number of halogens is 2. The minimum Gasteiger partial charge on any atom is -0.489 e. The molecule has 1 amide bonds. The van der Waals surface area contributed by atoms with Gasteiger partial charge in [0, 0.05) is 17.3 Å². The summed E-state index contributed by atoms with van der Waals surface area (Å²) in [4.78, 5) is 12.7. The lowest BCUT2D eigenvalue weighted by molar-refractivity contribution is 0.103. The molecule has 1 aromatic heterocycles. The van der Waals surface area contributed by atoms with Crippen LogP contribution in [0.4, 0.5) is 14.5 Å². The van der Waals surface area contributed by atoms with Gasteiger partial charge in [-0.25, -0.2) is 8.78 Å². The largest absolute Gasteiger partial charge is 0.489 e. The first-order valence-electron chi connectivity index (χ1n) is 7.95. The van der Waals surface area contributed by atoms with Crippen LogP contribution in [0.25, 0.3) is 0 Å². The Kier molecular flexibility index (Phi) is 5.32. The summed E-state index contributed by atoms with van der Waals surface area (Å²) in [6.45, 7) is 4.36. The highest BCUT2D eigenvalue weighted by Gasteiger charge is 2.11. The van der Waals surface area contributed by atoms with E-state index >= 15 is 0 Å². The molecule has 134 valence electrons. The van der Waals surface area contributed by atoms with Crippen molar-refractivity contribution in [1.29, 1.82) is 0 Å². The molecular formula is C20H17F2NO2S.